The average Bonchev–Trinajstić information content (AvgIpc) is 2.46. The Morgan fingerprint density at radius 1 is 1.09 bits per heavy atom. The lowest BCUT2D eigenvalue weighted by Gasteiger charge is -2.29. The van der Waals surface area contributed by atoms with Gasteiger partial charge < -0.3 is 15.4 Å². The largest absolute Gasteiger partial charge is 0.345 e. The summed E-state index contributed by atoms with van der Waals surface area (Å²) in [6.07, 6.45) is 10.9. The van der Waals surface area contributed by atoms with Gasteiger partial charge in [0.25, 0.3) is 0 Å². The molecule has 134 valence electrons. The predicted molar refractivity (Wildman–Crippen MR) is 95.3 cm³/mol. The number of hydrogen-bond acceptors (Lipinski definition) is 3. The Labute approximate surface area is 142 Å². The van der Waals surface area contributed by atoms with Gasteiger partial charge in [0.15, 0.2) is 0 Å². The molecule has 1 aliphatic carbocycles. The molecule has 3 atom stereocenters. The van der Waals surface area contributed by atoms with Crippen LogP contribution in [0.1, 0.15) is 72.1 Å². The summed E-state index contributed by atoms with van der Waals surface area (Å²) in [6, 6.07) is -0.605. The molecular formula is C19H36N2O2. The van der Waals surface area contributed by atoms with Crippen molar-refractivity contribution >= 4 is 12.2 Å². The minimum atomic E-state index is -0.363. The first-order chi connectivity index (χ1) is 11.0. The fourth-order valence-electron chi connectivity index (χ4n) is 3.84. The van der Waals surface area contributed by atoms with Gasteiger partial charge in [-0.05, 0) is 31.2 Å². The van der Waals surface area contributed by atoms with E-state index in [4.69, 9.17) is 0 Å². The maximum Gasteiger partial charge on any atom is 0.237 e. The van der Waals surface area contributed by atoms with Crippen LogP contribution < -0.4 is 10.6 Å². The van der Waals surface area contributed by atoms with E-state index in [1.165, 1.54) is 44.9 Å². The summed E-state index contributed by atoms with van der Waals surface area (Å²) >= 11 is 0. The van der Waals surface area contributed by atoms with E-state index in [1.807, 2.05) is 13.8 Å². The molecule has 1 fully saturated rings. The Balaban J connectivity index is 2.53. The van der Waals surface area contributed by atoms with Crippen molar-refractivity contribution in [2.45, 2.75) is 84.2 Å². The molecule has 0 saturated heterocycles. The molecule has 2 N–H and O–H groups in total. The monoisotopic (exact) mass is 324 g/mol. The molecule has 0 aromatic carbocycles. The van der Waals surface area contributed by atoms with Gasteiger partial charge in [-0.25, -0.2) is 0 Å². The van der Waals surface area contributed by atoms with Gasteiger partial charge in [0.2, 0.25) is 5.91 Å². The van der Waals surface area contributed by atoms with E-state index in [1.54, 1.807) is 7.05 Å². The fourth-order valence-corrected chi connectivity index (χ4v) is 3.84. The zero-order valence-corrected chi connectivity index (χ0v) is 15.4. The van der Waals surface area contributed by atoms with Crippen LogP contribution >= 0.6 is 0 Å². The second kappa shape index (κ2) is 10.8. The number of rotatable bonds is 8. The lowest BCUT2D eigenvalue weighted by atomic mass is 9.80. The average molecular weight is 325 g/mol. The van der Waals surface area contributed by atoms with Gasteiger partial charge in [-0.3, -0.25) is 4.79 Å². The van der Waals surface area contributed by atoms with Gasteiger partial charge in [0.05, 0.1) is 12.1 Å². The molecule has 0 aromatic heterocycles. The molecule has 0 radical (unpaired) electrons. The molecule has 1 aliphatic rings. The molecule has 23 heavy (non-hydrogen) atoms. The summed E-state index contributed by atoms with van der Waals surface area (Å²) in [5.74, 6) is 1.32. The van der Waals surface area contributed by atoms with Crippen LogP contribution in [0.15, 0.2) is 0 Å². The molecule has 1 amide bonds. The number of likely N-dealkylation sites (N-methyl/N-ethyl adjacent to an activating group) is 1. The molecular weight excluding hydrogens is 288 g/mol. The Morgan fingerprint density at radius 3 is 2.13 bits per heavy atom. The highest BCUT2D eigenvalue weighted by atomic mass is 16.2. The highest BCUT2D eigenvalue weighted by molar-refractivity contribution is 5.84. The van der Waals surface area contributed by atoms with E-state index in [2.05, 4.69) is 17.6 Å². The van der Waals surface area contributed by atoms with Crippen molar-refractivity contribution in [3.63, 3.8) is 0 Å². The second-order valence-electron chi connectivity index (χ2n) is 7.58. The van der Waals surface area contributed by atoms with Crippen LogP contribution in [-0.2, 0) is 9.59 Å². The first-order valence-electron chi connectivity index (χ1n) is 9.42. The van der Waals surface area contributed by atoms with Crippen LogP contribution in [0.4, 0.5) is 0 Å². The van der Waals surface area contributed by atoms with Gasteiger partial charge in [0.1, 0.15) is 6.29 Å². The summed E-state index contributed by atoms with van der Waals surface area (Å²) < 4.78 is 0. The van der Waals surface area contributed by atoms with E-state index in [-0.39, 0.29) is 23.9 Å². The highest BCUT2D eigenvalue weighted by Crippen LogP contribution is 2.30. The van der Waals surface area contributed by atoms with Crippen LogP contribution in [0.5, 0.6) is 0 Å². The summed E-state index contributed by atoms with van der Waals surface area (Å²) in [5.41, 5.74) is 0. The van der Waals surface area contributed by atoms with E-state index in [0.29, 0.717) is 11.8 Å². The molecule has 0 aromatic rings. The standard InChI is InChI=1S/C19H36N2O2/c1-14(2)18(20-4)19(23)21-17(13-22)12-15(3)16-10-8-6-5-7-9-11-16/h13-18,20H,5-12H2,1-4H3,(H,21,23). The topological polar surface area (TPSA) is 58.2 Å². The lowest BCUT2D eigenvalue weighted by Crippen LogP contribution is -2.50. The van der Waals surface area contributed by atoms with Crippen molar-refractivity contribution in [3.05, 3.63) is 0 Å². The normalized spacial score (nSPS) is 21.1. The van der Waals surface area contributed by atoms with Gasteiger partial charge in [-0.1, -0.05) is 65.7 Å². The van der Waals surface area contributed by atoms with Gasteiger partial charge >= 0.3 is 0 Å². The van der Waals surface area contributed by atoms with Crippen molar-refractivity contribution in [2.75, 3.05) is 7.05 Å². The van der Waals surface area contributed by atoms with Crippen LogP contribution in [0.2, 0.25) is 0 Å². The minimum absolute atomic E-state index is 0.0653. The van der Waals surface area contributed by atoms with E-state index < -0.39 is 0 Å². The molecule has 4 nitrogen and oxygen atoms in total. The Hall–Kier alpha value is -0.900. The van der Waals surface area contributed by atoms with Crippen LogP contribution in [0.25, 0.3) is 0 Å². The number of hydrogen-bond donors (Lipinski definition) is 2. The van der Waals surface area contributed by atoms with Crippen LogP contribution in [0.3, 0.4) is 0 Å². The van der Waals surface area contributed by atoms with Gasteiger partial charge in [-0.15, -0.1) is 0 Å². The van der Waals surface area contributed by atoms with Gasteiger partial charge in [0, 0.05) is 0 Å². The molecule has 1 saturated carbocycles. The van der Waals surface area contributed by atoms with Crippen molar-refractivity contribution in [3.8, 4) is 0 Å². The maximum absolute atomic E-state index is 12.3. The molecule has 0 aliphatic heterocycles. The number of aldehydes is 1. The summed E-state index contributed by atoms with van der Waals surface area (Å²) in [6.45, 7) is 6.26. The zero-order chi connectivity index (χ0) is 17.2. The van der Waals surface area contributed by atoms with Crippen molar-refractivity contribution < 1.29 is 9.59 Å². The number of nitrogens with one attached hydrogen (secondary N) is 2. The van der Waals surface area contributed by atoms with Crippen molar-refractivity contribution in [2.24, 2.45) is 17.8 Å². The lowest BCUT2D eigenvalue weighted by molar-refractivity contribution is -0.126. The summed E-state index contributed by atoms with van der Waals surface area (Å²) in [5, 5.41) is 5.96. The highest BCUT2D eigenvalue weighted by Gasteiger charge is 2.26. The Morgan fingerprint density at radius 2 is 1.65 bits per heavy atom. The fraction of sp³-hybridized carbons (Fsp3) is 0.895. The van der Waals surface area contributed by atoms with Crippen molar-refractivity contribution in [1.82, 2.24) is 10.6 Å². The molecule has 0 bridgehead atoms. The maximum atomic E-state index is 12.3. The second-order valence-corrected chi connectivity index (χ2v) is 7.58. The van der Waals surface area contributed by atoms with Crippen LogP contribution in [-0.4, -0.2) is 31.3 Å². The van der Waals surface area contributed by atoms with Gasteiger partial charge in [-0.2, -0.15) is 0 Å². The Kier molecular flexibility index (Phi) is 9.46. The molecule has 3 unspecified atom stereocenters. The molecule has 1 rings (SSSR count). The predicted octanol–water partition coefficient (Wildman–Crippen LogP) is 3.30. The molecule has 0 heterocycles. The third-order valence-electron chi connectivity index (χ3n) is 5.33. The first kappa shape index (κ1) is 20.1. The van der Waals surface area contributed by atoms with E-state index in [9.17, 15) is 9.59 Å². The molecule has 4 heteroatoms. The zero-order valence-electron chi connectivity index (χ0n) is 15.4. The van der Waals surface area contributed by atoms with Crippen molar-refractivity contribution in [1.29, 1.82) is 0 Å². The first-order valence-corrected chi connectivity index (χ1v) is 9.42. The van der Waals surface area contributed by atoms with E-state index in [0.717, 1.165) is 12.7 Å². The quantitative estimate of drug-likeness (QED) is 0.674. The molecule has 0 spiro atoms. The SMILES string of the molecule is CNC(C(=O)NC(C=O)CC(C)C1CCCCCCC1)C(C)C. The summed E-state index contributed by atoms with van der Waals surface area (Å²) in [4.78, 5) is 23.7. The van der Waals surface area contributed by atoms with E-state index >= 15 is 0 Å². The number of amides is 1. The van der Waals surface area contributed by atoms with Crippen LogP contribution in [0, 0.1) is 17.8 Å². The number of carbonyl (C=O) groups is 2. The minimum Gasteiger partial charge on any atom is -0.345 e. The smallest absolute Gasteiger partial charge is 0.237 e. The third kappa shape index (κ3) is 7.03. The third-order valence-corrected chi connectivity index (χ3v) is 5.33. The number of carbonyl (C=O) groups excluding carboxylic acids is 2. The Bertz CT molecular complexity index is 349. The summed E-state index contributed by atoms with van der Waals surface area (Å²) in [7, 11) is 1.79.